The van der Waals surface area contributed by atoms with Gasteiger partial charge in [-0.05, 0) is 17.5 Å². The number of hydrogen-bond acceptors (Lipinski definition) is 3. The van der Waals surface area contributed by atoms with Crippen molar-refractivity contribution in [3.63, 3.8) is 0 Å². The van der Waals surface area contributed by atoms with Gasteiger partial charge in [0.25, 0.3) is 0 Å². The minimum Gasteiger partial charge on any atom is -0.344 e. The van der Waals surface area contributed by atoms with Crippen LogP contribution in [0.25, 0.3) is 6.08 Å². The maximum absolute atomic E-state index is 13.3. The molecule has 1 aliphatic heterocycles. The molecule has 32 heavy (non-hydrogen) atoms. The molecular weight excluding hydrogens is 422 g/mol. The Morgan fingerprint density at radius 3 is 2.28 bits per heavy atom. The van der Waals surface area contributed by atoms with Crippen LogP contribution in [0.2, 0.25) is 0 Å². The maximum atomic E-state index is 13.3. The number of carbonyl (C=O) groups excluding carboxylic acids is 2. The van der Waals surface area contributed by atoms with E-state index in [0.717, 1.165) is 25.2 Å². The minimum absolute atomic E-state index is 0.00689. The molecule has 2 amide bonds. The zero-order valence-corrected chi connectivity index (χ0v) is 19.2. The number of halogens is 1. The lowest BCUT2D eigenvalue weighted by Gasteiger charge is -2.36. The summed E-state index contributed by atoms with van der Waals surface area (Å²) in [5.74, 6) is 0.308. The third-order valence-corrected chi connectivity index (χ3v) is 5.88. The van der Waals surface area contributed by atoms with Crippen molar-refractivity contribution in [2.45, 2.75) is 25.3 Å². The third kappa shape index (κ3) is 7.81. The van der Waals surface area contributed by atoms with Gasteiger partial charge in [-0.2, -0.15) is 0 Å². The van der Waals surface area contributed by atoms with E-state index in [1.54, 1.807) is 0 Å². The van der Waals surface area contributed by atoms with Crippen molar-refractivity contribution >= 4 is 29.5 Å². The Morgan fingerprint density at radius 1 is 0.969 bits per heavy atom. The van der Waals surface area contributed by atoms with Crippen LogP contribution in [0, 0.1) is 0 Å². The molecule has 0 aromatic heterocycles. The first-order valence-corrected chi connectivity index (χ1v) is 11.8. The molecule has 3 rings (SSSR count). The number of carbonyl (C=O) groups is 2. The van der Waals surface area contributed by atoms with Gasteiger partial charge in [0.15, 0.2) is 0 Å². The Morgan fingerprint density at radius 2 is 1.62 bits per heavy atom. The van der Waals surface area contributed by atoms with Crippen molar-refractivity contribution in [2.24, 2.45) is 0 Å². The molecule has 1 fully saturated rings. The van der Waals surface area contributed by atoms with Gasteiger partial charge in [0.1, 0.15) is 6.04 Å². The summed E-state index contributed by atoms with van der Waals surface area (Å²) in [6, 6.07) is 19.5. The van der Waals surface area contributed by atoms with E-state index in [-0.39, 0.29) is 11.8 Å². The van der Waals surface area contributed by atoms with E-state index in [4.69, 9.17) is 11.6 Å². The molecule has 0 radical (unpaired) electrons. The van der Waals surface area contributed by atoms with E-state index in [9.17, 15) is 9.59 Å². The summed E-state index contributed by atoms with van der Waals surface area (Å²) >= 11 is 5.72. The van der Waals surface area contributed by atoms with Crippen molar-refractivity contribution in [1.82, 2.24) is 15.1 Å². The number of hydrogen-bond donors (Lipinski definition) is 1. The first kappa shape index (κ1) is 24.0. The van der Waals surface area contributed by atoms with Crippen LogP contribution in [0.15, 0.2) is 66.7 Å². The van der Waals surface area contributed by atoms with Crippen molar-refractivity contribution in [1.29, 1.82) is 0 Å². The number of alkyl halides is 1. The zero-order valence-electron chi connectivity index (χ0n) is 18.5. The van der Waals surface area contributed by atoms with Crippen molar-refractivity contribution in [3.8, 4) is 0 Å². The normalized spacial score (nSPS) is 15.6. The monoisotopic (exact) mass is 453 g/mol. The summed E-state index contributed by atoms with van der Waals surface area (Å²) in [4.78, 5) is 29.8. The molecule has 170 valence electrons. The van der Waals surface area contributed by atoms with Crippen LogP contribution in [-0.4, -0.2) is 66.3 Å². The zero-order chi connectivity index (χ0) is 22.6. The second kappa shape index (κ2) is 13.0. The summed E-state index contributed by atoms with van der Waals surface area (Å²) < 4.78 is 0. The van der Waals surface area contributed by atoms with Gasteiger partial charge in [0, 0.05) is 51.4 Å². The number of rotatable bonds is 10. The largest absolute Gasteiger partial charge is 0.344 e. The molecule has 5 nitrogen and oxygen atoms in total. The van der Waals surface area contributed by atoms with Crippen LogP contribution in [0.4, 0.5) is 0 Å². The number of nitrogens with zero attached hydrogens (tertiary/aromatic N) is 2. The number of piperazine rings is 1. The molecule has 0 saturated carbocycles. The topological polar surface area (TPSA) is 52.7 Å². The average molecular weight is 454 g/mol. The summed E-state index contributed by atoms with van der Waals surface area (Å²) in [6.45, 7) is 3.84. The van der Waals surface area contributed by atoms with Gasteiger partial charge in [-0.3, -0.25) is 14.5 Å². The summed E-state index contributed by atoms with van der Waals surface area (Å²) in [7, 11) is 0. The van der Waals surface area contributed by atoms with Crippen LogP contribution in [-0.2, 0) is 16.0 Å². The van der Waals surface area contributed by atoms with Gasteiger partial charge in [-0.25, -0.2) is 0 Å². The number of benzene rings is 2. The van der Waals surface area contributed by atoms with Gasteiger partial charge >= 0.3 is 0 Å². The fourth-order valence-electron chi connectivity index (χ4n) is 3.82. The quantitative estimate of drug-likeness (QED) is 0.559. The van der Waals surface area contributed by atoms with Crippen molar-refractivity contribution in [2.75, 3.05) is 38.6 Å². The molecule has 2 aromatic carbocycles. The van der Waals surface area contributed by atoms with Gasteiger partial charge < -0.3 is 10.2 Å². The lowest BCUT2D eigenvalue weighted by atomic mass is 10.0. The standard InChI is InChI=1S/C26H32ClN3O2/c27-15-7-14-25(31)28-24(21-23-11-5-2-6-12-23)26(32)30-19-17-29(18-20-30)16-8-13-22-9-3-1-4-10-22/h1-6,8-13,24H,7,14-21H2,(H,28,31)/b13-8+. The van der Waals surface area contributed by atoms with Crippen LogP contribution < -0.4 is 5.32 Å². The molecule has 1 unspecified atom stereocenters. The third-order valence-electron chi connectivity index (χ3n) is 5.61. The molecule has 0 bridgehead atoms. The molecule has 1 heterocycles. The van der Waals surface area contributed by atoms with Gasteiger partial charge in [-0.1, -0.05) is 72.8 Å². The summed E-state index contributed by atoms with van der Waals surface area (Å²) in [5, 5.41) is 2.95. The van der Waals surface area contributed by atoms with E-state index in [0.29, 0.717) is 38.2 Å². The van der Waals surface area contributed by atoms with Crippen molar-refractivity contribution < 1.29 is 9.59 Å². The molecular formula is C26H32ClN3O2. The predicted octanol–water partition coefficient (Wildman–Crippen LogP) is 3.59. The molecule has 1 atom stereocenters. The molecule has 0 aliphatic carbocycles. The first-order chi connectivity index (χ1) is 15.7. The van der Waals surface area contributed by atoms with E-state index < -0.39 is 6.04 Å². The first-order valence-electron chi connectivity index (χ1n) is 11.3. The van der Waals surface area contributed by atoms with Crippen LogP contribution >= 0.6 is 11.6 Å². The van der Waals surface area contributed by atoms with Crippen LogP contribution in [0.5, 0.6) is 0 Å². The van der Waals surface area contributed by atoms with Crippen LogP contribution in [0.1, 0.15) is 24.0 Å². The average Bonchev–Trinajstić information content (AvgIpc) is 2.83. The highest BCUT2D eigenvalue weighted by atomic mass is 35.5. The van der Waals surface area contributed by atoms with E-state index in [1.165, 1.54) is 5.56 Å². The molecule has 0 spiro atoms. The smallest absolute Gasteiger partial charge is 0.245 e. The Balaban J connectivity index is 1.53. The van der Waals surface area contributed by atoms with E-state index >= 15 is 0 Å². The van der Waals surface area contributed by atoms with Crippen LogP contribution in [0.3, 0.4) is 0 Å². The fourth-order valence-corrected chi connectivity index (χ4v) is 3.95. The molecule has 1 saturated heterocycles. The summed E-state index contributed by atoms with van der Waals surface area (Å²) in [5.41, 5.74) is 2.23. The van der Waals surface area contributed by atoms with E-state index in [1.807, 2.05) is 53.4 Å². The van der Waals surface area contributed by atoms with Gasteiger partial charge in [0.2, 0.25) is 11.8 Å². The Labute approximate surface area is 196 Å². The Kier molecular flexibility index (Phi) is 9.79. The van der Waals surface area contributed by atoms with E-state index in [2.05, 4.69) is 34.5 Å². The fraction of sp³-hybridized carbons (Fsp3) is 0.385. The number of amides is 2. The maximum Gasteiger partial charge on any atom is 0.245 e. The minimum atomic E-state index is -0.551. The molecule has 1 N–H and O–H groups in total. The van der Waals surface area contributed by atoms with Gasteiger partial charge in [-0.15, -0.1) is 11.6 Å². The Bertz CT molecular complexity index is 865. The van der Waals surface area contributed by atoms with Gasteiger partial charge in [0.05, 0.1) is 0 Å². The lowest BCUT2D eigenvalue weighted by molar-refractivity contribution is -0.137. The molecule has 6 heteroatoms. The van der Waals surface area contributed by atoms with Crippen molar-refractivity contribution in [3.05, 3.63) is 77.9 Å². The summed E-state index contributed by atoms with van der Waals surface area (Å²) in [6.07, 6.45) is 5.73. The highest BCUT2D eigenvalue weighted by molar-refractivity contribution is 6.17. The predicted molar refractivity (Wildman–Crippen MR) is 131 cm³/mol. The molecule has 2 aromatic rings. The highest BCUT2D eigenvalue weighted by Crippen LogP contribution is 2.10. The number of nitrogens with one attached hydrogen (secondary N) is 1. The SMILES string of the molecule is O=C(CCCCl)NC(Cc1ccccc1)C(=O)N1CCN(C/C=C/c2ccccc2)CC1. The lowest BCUT2D eigenvalue weighted by Crippen LogP contribution is -2.55. The highest BCUT2D eigenvalue weighted by Gasteiger charge is 2.28. The Hall–Kier alpha value is -2.63. The second-order valence-electron chi connectivity index (χ2n) is 8.04. The second-order valence-corrected chi connectivity index (χ2v) is 8.42. The molecule has 1 aliphatic rings.